The van der Waals surface area contributed by atoms with Crippen molar-refractivity contribution in [2.45, 2.75) is 33.2 Å². The van der Waals surface area contributed by atoms with E-state index in [4.69, 9.17) is 9.47 Å². The molecule has 1 heterocycles. The number of carbonyl (C=O) groups is 1. The summed E-state index contributed by atoms with van der Waals surface area (Å²) in [5.74, 6) is 0.192. The SMILES string of the molecule is CCCCn1nc(C(=O)Oc2ccccc2OCC)ccc1=O. The van der Waals surface area contributed by atoms with E-state index < -0.39 is 5.97 Å². The summed E-state index contributed by atoms with van der Waals surface area (Å²) in [7, 11) is 0. The van der Waals surface area contributed by atoms with Gasteiger partial charge in [0.25, 0.3) is 5.56 Å². The second-order valence-corrected chi connectivity index (χ2v) is 4.90. The predicted octanol–water partition coefficient (Wildman–Crippen LogP) is 2.66. The molecule has 0 fully saturated rings. The number of nitrogens with zero attached hydrogens (tertiary/aromatic N) is 2. The molecule has 6 heteroatoms. The van der Waals surface area contributed by atoms with Gasteiger partial charge in [-0.25, -0.2) is 9.48 Å². The molecule has 6 nitrogen and oxygen atoms in total. The van der Waals surface area contributed by atoms with Crippen LogP contribution >= 0.6 is 0 Å². The molecule has 0 radical (unpaired) electrons. The highest BCUT2D eigenvalue weighted by Gasteiger charge is 2.15. The van der Waals surface area contributed by atoms with Gasteiger partial charge in [0, 0.05) is 12.6 Å². The molecule has 0 unspecified atom stereocenters. The van der Waals surface area contributed by atoms with E-state index in [1.54, 1.807) is 24.3 Å². The van der Waals surface area contributed by atoms with Crippen molar-refractivity contribution in [1.29, 1.82) is 0 Å². The van der Waals surface area contributed by atoms with Crippen molar-refractivity contribution >= 4 is 5.97 Å². The highest BCUT2D eigenvalue weighted by molar-refractivity contribution is 5.89. The Morgan fingerprint density at radius 2 is 1.87 bits per heavy atom. The van der Waals surface area contributed by atoms with E-state index in [0.29, 0.717) is 24.7 Å². The predicted molar refractivity (Wildman–Crippen MR) is 86.0 cm³/mol. The van der Waals surface area contributed by atoms with Gasteiger partial charge in [-0.3, -0.25) is 4.79 Å². The molecule has 1 aromatic heterocycles. The van der Waals surface area contributed by atoms with E-state index >= 15 is 0 Å². The molecule has 0 N–H and O–H groups in total. The van der Waals surface area contributed by atoms with Gasteiger partial charge < -0.3 is 9.47 Å². The van der Waals surface area contributed by atoms with E-state index in [9.17, 15) is 9.59 Å². The van der Waals surface area contributed by atoms with Crippen LogP contribution in [0, 0.1) is 0 Å². The molecule has 0 saturated carbocycles. The van der Waals surface area contributed by atoms with Gasteiger partial charge in [0.2, 0.25) is 0 Å². The molecule has 0 amide bonds. The molecule has 2 rings (SSSR count). The van der Waals surface area contributed by atoms with Gasteiger partial charge in [0.1, 0.15) is 0 Å². The van der Waals surface area contributed by atoms with Crippen LogP contribution in [0.3, 0.4) is 0 Å². The van der Waals surface area contributed by atoms with Crippen molar-refractivity contribution < 1.29 is 14.3 Å². The van der Waals surface area contributed by atoms with Crippen LogP contribution < -0.4 is 15.0 Å². The Morgan fingerprint density at radius 1 is 1.13 bits per heavy atom. The van der Waals surface area contributed by atoms with Gasteiger partial charge in [-0.15, -0.1) is 0 Å². The number of benzene rings is 1. The minimum absolute atomic E-state index is 0.0898. The number of aromatic nitrogens is 2. The lowest BCUT2D eigenvalue weighted by Gasteiger charge is -2.10. The third-order valence-corrected chi connectivity index (χ3v) is 3.15. The number of esters is 1. The zero-order valence-corrected chi connectivity index (χ0v) is 13.3. The molecule has 23 heavy (non-hydrogen) atoms. The van der Waals surface area contributed by atoms with Crippen LogP contribution in [0.25, 0.3) is 0 Å². The fourth-order valence-corrected chi connectivity index (χ4v) is 1.99. The number of aryl methyl sites for hydroxylation is 1. The highest BCUT2D eigenvalue weighted by atomic mass is 16.6. The Labute approximate surface area is 134 Å². The first-order chi connectivity index (χ1) is 11.2. The number of hydrogen-bond donors (Lipinski definition) is 0. The second-order valence-electron chi connectivity index (χ2n) is 4.90. The molecule has 0 aliphatic heterocycles. The van der Waals surface area contributed by atoms with Crippen LogP contribution in [0.2, 0.25) is 0 Å². The third-order valence-electron chi connectivity index (χ3n) is 3.15. The van der Waals surface area contributed by atoms with Crippen molar-refractivity contribution in [2.75, 3.05) is 6.61 Å². The number of rotatable bonds is 7. The van der Waals surface area contributed by atoms with Crippen molar-refractivity contribution in [3.63, 3.8) is 0 Å². The zero-order chi connectivity index (χ0) is 16.7. The summed E-state index contributed by atoms with van der Waals surface area (Å²) >= 11 is 0. The monoisotopic (exact) mass is 316 g/mol. The van der Waals surface area contributed by atoms with Gasteiger partial charge >= 0.3 is 5.97 Å². The summed E-state index contributed by atoms with van der Waals surface area (Å²) in [4.78, 5) is 24.0. The smallest absolute Gasteiger partial charge is 0.364 e. The molecule has 0 atom stereocenters. The fourth-order valence-electron chi connectivity index (χ4n) is 1.99. The summed E-state index contributed by atoms with van der Waals surface area (Å²) in [5.41, 5.74) is -0.142. The van der Waals surface area contributed by atoms with Gasteiger partial charge in [0.15, 0.2) is 17.2 Å². The number of ether oxygens (including phenoxy) is 2. The van der Waals surface area contributed by atoms with E-state index in [-0.39, 0.29) is 11.3 Å². The van der Waals surface area contributed by atoms with Gasteiger partial charge in [-0.2, -0.15) is 5.10 Å². The average molecular weight is 316 g/mol. The average Bonchev–Trinajstić information content (AvgIpc) is 2.56. The maximum absolute atomic E-state index is 12.3. The van der Waals surface area contributed by atoms with Gasteiger partial charge in [0.05, 0.1) is 6.61 Å². The molecule has 0 saturated heterocycles. The van der Waals surface area contributed by atoms with Crippen molar-refractivity contribution in [2.24, 2.45) is 0 Å². The Hall–Kier alpha value is -2.63. The fraction of sp³-hybridized carbons (Fsp3) is 0.353. The summed E-state index contributed by atoms with van der Waals surface area (Å²) in [6.07, 6.45) is 1.75. The lowest BCUT2D eigenvalue weighted by atomic mass is 10.3. The van der Waals surface area contributed by atoms with Crippen molar-refractivity contribution in [3.8, 4) is 11.5 Å². The quantitative estimate of drug-likeness (QED) is 0.580. The molecular weight excluding hydrogens is 296 g/mol. The van der Waals surface area contributed by atoms with Crippen LogP contribution in [0.15, 0.2) is 41.2 Å². The largest absolute Gasteiger partial charge is 0.490 e. The zero-order valence-electron chi connectivity index (χ0n) is 13.3. The highest BCUT2D eigenvalue weighted by Crippen LogP contribution is 2.26. The number of hydrogen-bond acceptors (Lipinski definition) is 5. The molecule has 2 aromatic rings. The minimum Gasteiger partial charge on any atom is -0.490 e. The van der Waals surface area contributed by atoms with Crippen LogP contribution in [-0.4, -0.2) is 22.4 Å². The van der Waals surface area contributed by atoms with E-state index in [1.807, 2.05) is 13.8 Å². The van der Waals surface area contributed by atoms with Crippen molar-refractivity contribution in [3.05, 3.63) is 52.4 Å². The Morgan fingerprint density at radius 3 is 2.57 bits per heavy atom. The lowest BCUT2D eigenvalue weighted by molar-refractivity contribution is 0.0719. The molecule has 0 bridgehead atoms. The summed E-state index contributed by atoms with van der Waals surface area (Å²) in [6, 6.07) is 9.62. The molecule has 0 aliphatic carbocycles. The first kappa shape index (κ1) is 16.7. The van der Waals surface area contributed by atoms with Crippen molar-refractivity contribution in [1.82, 2.24) is 9.78 Å². The van der Waals surface area contributed by atoms with Crippen LogP contribution in [-0.2, 0) is 6.54 Å². The maximum Gasteiger partial charge on any atom is 0.364 e. The number of carbonyl (C=O) groups excluding carboxylic acids is 1. The van der Waals surface area contributed by atoms with Crippen LogP contribution in [0.4, 0.5) is 0 Å². The first-order valence-electron chi connectivity index (χ1n) is 7.67. The standard InChI is InChI=1S/C17H20N2O4/c1-3-5-12-19-16(20)11-10-13(18-19)17(21)23-15-9-7-6-8-14(15)22-4-2/h6-11H,3-5,12H2,1-2H3. The van der Waals surface area contributed by atoms with E-state index in [0.717, 1.165) is 12.8 Å². The van der Waals surface area contributed by atoms with Crippen LogP contribution in [0.1, 0.15) is 37.2 Å². The Bertz CT molecular complexity index is 725. The molecular formula is C17H20N2O4. The third kappa shape index (κ3) is 4.42. The maximum atomic E-state index is 12.3. The molecule has 122 valence electrons. The second kappa shape index (κ2) is 8.12. The topological polar surface area (TPSA) is 70.4 Å². The summed E-state index contributed by atoms with van der Waals surface area (Å²) in [6.45, 7) is 4.82. The molecule has 1 aromatic carbocycles. The lowest BCUT2D eigenvalue weighted by Crippen LogP contribution is -2.25. The van der Waals surface area contributed by atoms with Gasteiger partial charge in [-0.05, 0) is 31.5 Å². The summed E-state index contributed by atoms with van der Waals surface area (Å²) < 4.78 is 12.0. The van der Waals surface area contributed by atoms with E-state index in [1.165, 1.54) is 16.8 Å². The number of unbranched alkanes of at least 4 members (excludes halogenated alkanes) is 1. The Kier molecular flexibility index (Phi) is 5.91. The number of para-hydroxylation sites is 2. The van der Waals surface area contributed by atoms with Gasteiger partial charge in [-0.1, -0.05) is 25.5 Å². The minimum atomic E-state index is -0.623. The normalized spacial score (nSPS) is 10.3. The first-order valence-corrected chi connectivity index (χ1v) is 7.67. The molecule has 0 spiro atoms. The summed E-state index contributed by atoms with van der Waals surface area (Å²) in [5, 5.41) is 4.07. The van der Waals surface area contributed by atoms with Crippen LogP contribution in [0.5, 0.6) is 11.5 Å². The van der Waals surface area contributed by atoms with E-state index in [2.05, 4.69) is 5.10 Å². The Balaban J connectivity index is 2.19. The molecule has 0 aliphatic rings.